The molecular weight excluding hydrogens is 444 g/mol. The van der Waals surface area contributed by atoms with Crippen LogP contribution in [0.25, 0.3) is 0 Å². The Morgan fingerprint density at radius 2 is 1.79 bits per heavy atom. The Hall–Kier alpha value is -3.10. The molecule has 0 amide bonds. The molecule has 0 spiro atoms. The minimum atomic E-state index is -1.15. The van der Waals surface area contributed by atoms with Gasteiger partial charge < -0.3 is 14.2 Å². The predicted octanol–water partition coefficient (Wildman–Crippen LogP) is 1.67. The highest BCUT2D eigenvalue weighted by atomic mass is 16.6. The summed E-state index contributed by atoms with van der Waals surface area (Å²) in [4.78, 5) is 75.9. The predicted molar refractivity (Wildman–Crippen MR) is 115 cm³/mol. The second-order valence-corrected chi connectivity index (χ2v) is 10.2. The maximum Gasteiger partial charge on any atom is 0.310 e. The molecule has 1 heterocycles. The van der Waals surface area contributed by atoms with Crippen LogP contribution in [0.3, 0.4) is 0 Å². The molecule has 34 heavy (non-hydrogen) atoms. The summed E-state index contributed by atoms with van der Waals surface area (Å²) in [5, 5.41) is 0. The zero-order valence-corrected chi connectivity index (χ0v) is 19.6. The summed E-state index contributed by atoms with van der Waals surface area (Å²) in [5.41, 5.74) is -1.78. The van der Waals surface area contributed by atoms with E-state index in [1.165, 1.54) is 14.0 Å². The number of rotatable bonds is 3. The molecule has 1 unspecified atom stereocenters. The number of ketones is 3. The Morgan fingerprint density at radius 1 is 1.09 bits per heavy atom. The quantitative estimate of drug-likeness (QED) is 0.342. The molecule has 0 aromatic rings. The van der Waals surface area contributed by atoms with Crippen molar-refractivity contribution in [2.75, 3.05) is 7.11 Å². The van der Waals surface area contributed by atoms with Crippen molar-refractivity contribution in [1.82, 2.24) is 0 Å². The molecular formula is C25H28O9. The monoisotopic (exact) mass is 472 g/mol. The van der Waals surface area contributed by atoms with Gasteiger partial charge in [-0.05, 0) is 48.3 Å². The summed E-state index contributed by atoms with van der Waals surface area (Å²) >= 11 is 0. The van der Waals surface area contributed by atoms with Gasteiger partial charge in [-0.15, -0.1) is 0 Å². The van der Waals surface area contributed by atoms with Crippen LogP contribution >= 0.6 is 0 Å². The summed E-state index contributed by atoms with van der Waals surface area (Å²) in [6, 6.07) is 0. The van der Waals surface area contributed by atoms with Crippen molar-refractivity contribution in [3.8, 4) is 0 Å². The number of fused-ring (bicyclic) bond motifs is 3. The summed E-state index contributed by atoms with van der Waals surface area (Å²) in [5.74, 6) is -5.07. The van der Waals surface area contributed by atoms with E-state index in [1.54, 1.807) is 6.92 Å². The lowest BCUT2D eigenvalue weighted by molar-refractivity contribution is -0.207. The third-order valence-corrected chi connectivity index (χ3v) is 8.22. The fraction of sp³-hybridized carbons (Fsp3) is 0.600. The summed E-state index contributed by atoms with van der Waals surface area (Å²) in [6.07, 6.45) is 2.22. The molecule has 9 nitrogen and oxygen atoms in total. The van der Waals surface area contributed by atoms with Crippen LogP contribution in [0.4, 0.5) is 0 Å². The summed E-state index contributed by atoms with van der Waals surface area (Å²) in [6.45, 7) is 4.83. The van der Waals surface area contributed by atoms with Crippen molar-refractivity contribution < 1.29 is 43.0 Å². The average Bonchev–Trinajstić information content (AvgIpc) is 2.75. The normalized spacial score (nSPS) is 39.4. The van der Waals surface area contributed by atoms with Crippen molar-refractivity contribution in [2.45, 2.75) is 58.7 Å². The first kappa shape index (κ1) is 24.0. The number of ether oxygens (including phenoxy) is 3. The van der Waals surface area contributed by atoms with E-state index in [-0.39, 0.29) is 30.0 Å². The van der Waals surface area contributed by atoms with E-state index in [1.807, 2.05) is 6.92 Å². The van der Waals surface area contributed by atoms with Gasteiger partial charge in [-0.2, -0.15) is 0 Å². The molecule has 2 saturated carbocycles. The van der Waals surface area contributed by atoms with E-state index in [0.717, 1.165) is 18.2 Å². The summed E-state index contributed by atoms with van der Waals surface area (Å²) < 4.78 is 16.0. The van der Waals surface area contributed by atoms with Crippen LogP contribution in [-0.4, -0.2) is 54.6 Å². The number of hydrogen-bond donors (Lipinski definition) is 0. The molecule has 3 fully saturated rings. The zero-order chi connectivity index (χ0) is 25.0. The highest BCUT2D eigenvalue weighted by Gasteiger charge is 2.68. The number of carbonyl (C=O) groups excluding carboxylic acids is 6. The van der Waals surface area contributed by atoms with E-state index in [0.29, 0.717) is 12.8 Å². The number of esters is 3. The van der Waals surface area contributed by atoms with Gasteiger partial charge in [-0.3, -0.25) is 28.8 Å². The van der Waals surface area contributed by atoms with Crippen LogP contribution in [0.5, 0.6) is 0 Å². The van der Waals surface area contributed by atoms with Gasteiger partial charge in [-0.1, -0.05) is 13.8 Å². The van der Waals surface area contributed by atoms with E-state index < -0.39 is 64.5 Å². The van der Waals surface area contributed by atoms with E-state index in [2.05, 4.69) is 0 Å². The minimum Gasteiger partial charge on any atom is -0.469 e. The Kier molecular flexibility index (Phi) is 5.86. The smallest absolute Gasteiger partial charge is 0.310 e. The van der Waals surface area contributed by atoms with E-state index in [9.17, 15) is 28.8 Å². The number of allylic oxidation sites excluding steroid dienone is 3. The van der Waals surface area contributed by atoms with Crippen molar-refractivity contribution in [3.63, 3.8) is 0 Å². The first-order chi connectivity index (χ1) is 15.9. The highest BCUT2D eigenvalue weighted by molar-refractivity contribution is 6.18. The lowest BCUT2D eigenvalue weighted by Gasteiger charge is -2.61. The van der Waals surface area contributed by atoms with Crippen molar-refractivity contribution in [1.29, 1.82) is 0 Å². The second-order valence-electron chi connectivity index (χ2n) is 10.2. The van der Waals surface area contributed by atoms with Crippen LogP contribution in [0.15, 0.2) is 23.8 Å². The SMILES string of the molecule is COC(=O)[C@@H]1C[C@H](OC(C)=O)C(=O)[C@H]2[C@@]1(C)CC[C@H]1C(=O)OC(C3=CC(=O)C=CC3=O)C[C@]21C. The van der Waals surface area contributed by atoms with Gasteiger partial charge >= 0.3 is 17.9 Å². The van der Waals surface area contributed by atoms with Gasteiger partial charge in [0.2, 0.25) is 0 Å². The number of Topliss-reactive ketones (excluding diaryl/α,β-unsaturated/α-hetero) is 1. The van der Waals surface area contributed by atoms with Crippen LogP contribution in [0, 0.1) is 28.6 Å². The van der Waals surface area contributed by atoms with Crippen LogP contribution in [0.1, 0.15) is 46.5 Å². The van der Waals surface area contributed by atoms with Gasteiger partial charge in [0.1, 0.15) is 6.10 Å². The molecule has 0 N–H and O–H groups in total. The summed E-state index contributed by atoms with van der Waals surface area (Å²) in [7, 11) is 1.27. The molecule has 3 aliphatic carbocycles. The van der Waals surface area contributed by atoms with E-state index in [4.69, 9.17) is 14.2 Å². The highest BCUT2D eigenvalue weighted by Crippen LogP contribution is 2.64. The van der Waals surface area contributed by atoms with Crippen molar-refractivity contribution in [3.05, 3.63) is 23.8 Å². The largest absolute Gasteiger partial charge is 0.469 e. The molecule has 0 bridgehead atoms. The molecule has 0 aromatic heterocycles. The third kappa shape index (κ3) is 3.61. The first-order valence-corrected chi connectivity index (χ1v) is 11.4. The average molecular weight is 472 g/mol. The molecule has 7 atom stereocenters. The molecule has 182 valence electrons. The van der Waals surface area contributed by atoms with E-state index >= 15 is 0 Å². The lowest BCUT2D eigenvalue weighted by atomic mass is 9.43. The van der Waals surface area contributed by atoms with Gasteiger partial charge in [0, 0.05) is 24.8 Å². The first-order valence-electron chi connectivity index (χ1n) is 11.4. The second kappa shape index (κ2) is 8.29. The van der Waals surface area contributed by atoms with Crippen LogP contribution in [-0.2, 0) is 43.0 Å². The minimum absolute atomic E-state index is 0.00957. The fourth-order valence-corrected chi connectivity index (χ4v) is 6.77. The van der Waals surface area contributed by atoms with Crippen LogP contribution < -0.4 is 0 Å². The molecule has 4 aliphatic rings. The third-order valence-electron chi connectivity index (χ3n) is 8.22. The Balaban J connectivity index is 1.79. The maximum atomic E-state index is 13.8. The van der Waals surface area contributed by atoms with Crippen molar-refractivity contribution >= 4 is 35.3 Å². The Labute approximate surface area is 196 Å². The number of carbonyl (C=O) groups is 6. The Morgan fingerprint density at radius 3 is 2.44 bits per heavy atom. The number of hydrogen-bond acceptors (Lipinski definition) is 9. The molecule has 4 rings (SSSR count). The topological polar surface area (TPSA) is 130 Å². The lowest BCUT2D eigenvalue weighted by Crippen LogP contribution is -2.65. The molecule has 1 saturated heterocycles. The van der Waals surface area contributed by atoms with Crippen molar-refractivity contribution in [2.24, 2.45) is 28.6 Å². The maximum absolute atomic E-state index is 13.8. The standard InChI is InChI=1S/C25H28O9/c1-12(26)33-18-10-16(22(30)32-4)24(2)8-7-15-23(31)34-19(11-25(15,3)21(24)20(18)29)14-9-13(27)5-6-17(14)28/h5-6,9,15-16,18-19,21H,7-8,10-11H2,1-4H3/t15-,16-,18-,19?,21-,24-,25-/m0/s1. The van der Waals surface area contributed by atoms with Gasteiger partial charge in [0.05, 0.1) is 18.9 Å². The number of cyclic esters (lactones) is 1. The van der Waals surface area contributed by atoms with Gasteiger partial charge in [0.15, 0.2) is 23.5 Å². The van der Waals surface area contributed by atoms with Gasteiger partial charge in [-0.25, -0.2) is 0 Å². The Bertz CT molecular complexity index is 1050. The number of methoxy groups -OCH3 is 1. The molecule has 9 heteroatoms. The fourth-order valence-electron chi connectivity index (χ4n) is 6.77. The molecule has 0 aromatic carbocycles. The van der Waals surface area contributed by atoms with Gasteiger partial charge in [0.25, 0.3) is 0 Å². The molecule has 0 radical (unpaired) electrons. The van der Waals surface area contributed by atoms with Crippen LogP contribution in [0.2, 0.25) is 0 Å². The molecule has 1 aliphatic heterocycles. The zero-order valence-electron chi connectivity index (χ0n) is 19.6.